The number of rotatable bonds is 8. The van der Waals surface area contributed by atoms with Crippen molar-refractivity contribution in [2.45, 2.75) is 30.8 Å². The zero-order valence-electron chi connectivity index (χ0n) is 9.86. The Hall–Kier alpha value is -0.510. The van der Waals surface area contributed by atoms with Gasteiger partial charge in [-0.25, -0.2) is 0 Å². The van der Waals surface area contributed by atoms with Crippen LogP contribution in [0, 0.1) is 0 Å². The molecule has 1 rings (SSSR count). The molecule has 1 aromatic rings. The van der Waals surface area contributed by atoms with Gasteiger partial charge in [-0.2, -0.15) is 0 Å². The summed E-state index contributed by atoms with van der Waals surface area (Å²) in [7, 11) is 0. The molecular formula is C13H21NOS. The van der Waals surface area contributed by atoms with Gasteiger partial charge in [-0.15, -0.1) is 11.8 Å². The van der Waals surface area contributed by atoms with E-state index >= 15 is 0 Å². The fourth-order valence-corrected chi connectivity index (χ4v) is 2.19. The van der Waals surface area contributed by atoms with Crippen LogP contribution in [0.5, 0.6) is 0 Å². The summed E-state index contributed by atoms with van der Waals surface area (Å²) < 4.78 is 0. The van der Waals surface area contributed by atoms with Crippen LogP contribution in [0.2, 0.25) is 0 Å². The SMILES string of the molecule is CCC(O)CCNCCSc1ccccc1. The Labute approximate surface area is 102 Å². The van der Waals surface area contributed by atoms with Crippen LogP contribution >= 0.6 is 11.8 Å². The zero-order chi connectivity index (χ0) is 11.6. The highest BCUT2D eigenvalue weighted by molar-refractivity contribution is 7.99. The molecule has 1 atom stereocenters. The van der Waals surface area contributed by atoms with Gasteiger partial charge >= 0.3 is 0 Å². The van der Waals surface area contributed by atoms with Gasteiger partial charge in [0.25, 0.3) is 0 Å². The van der Waals surface area contributed by atoms with Crippen LogP contribution in [0.15, 0.2) is 35.2 Å². The molecule has 2 N–H and O–H groups in total. The normalized spacial score (nSPS) is 12.6. The molecule has 0 heterocycles. The lowest BCUT2D eigenvalue weighted by Crippen LogP contribution is -2.22. The van der Waals surface area contributed by atoms with Gasteiger partial charge in [-0.1, -0.05) is 25.1 Å². The average molecular weight is 239 g/mol. The summed E-state index contributed by atoms with van der Waals surface area (Å²) in [5.74, 6) is 1.08. The molecule has 0 saturated heterocycles. The van der Waals surface area contributed by atoms with E-state index < -0.39 is 0 Å². The average Bonchev–Trinajstić information content (AvgIpc) is 2.34. The molecule has 0 fully saturated rings. The first-order valence-electron chi connectivity index (χ1n) is 5.89. The molecule has 0 aromatic heterocycles. The van der Waals surface area contributed by atoms with E-state index in [1.54, 1.807) is 0 Å². The Morgan fingerprint density at radius 2 is 2.00 bits per heavy atom. The minimum atomic E-state index is -0.144. The van der Waals surface area contributed by atoms with Gasteiger partial charge in [0.1, 0.15) is 0 Å². The molecule has 0 amide bonds. The van der Waals surface area contributed by atoms with Crippen molar-refractivity contribution in [1.29, 1.82) is 0 Å². The van der Waals surface area contributed by atoms with E-state index in [4.69, 9.17) is 0 Å². The first-order chi connectivity index (χ1) is 7.83. The molecule has 1 aromatic carbocycles. The number of thioether (sulfide) groups is 1. The largest absolute Gasteiger partial charge is 0.393 e. The summed E-state index contributed by atoms with van der Waals surface area (Å²) in [5, 5.41) is 12.7. The lowest BCUT2D eigenvalue weighted by Gasteiger charge is -2.08. The quantitative estimate of drug-likeness (QED) is 0.540. The van der Waals surface area contributed by atoms with E-state index in [1.807, 2.05) is 24.8 Å². The van der Waals surface area contributed by atoms with Gasteiger partial charge in [0, 0.05) is 17.2 Å². The van der Waals surface area contributed by atoms with E-state index in [2.05, 4.69) is 29.6 Å². The van der Waals surface area contributed by atoms with Crippen LogP contribution in [0.4, 0.5) is 0 Å². The monoisotopic (exact) mass is 239 g/mol. The van der Waals surface area contributed by atoms with Crippen molar-refractivity contribution in [3.8, 4) is 0 Å². The number of benzene rings is 1. The Morgan fingerprint density at radius 3 is 2.69 bits per heavy atom. The van der Waals surface area contributed by atoms with Crippen molar-refractivity contribution in [1.82, 2.24) is 5.32 Å². The van der Waals surface area contributed by atoms with Crippen molar-refractivity contribution in [2.75, 3.05) is 18.8 Å². The minimum Gasteiger partial charge on any atom is -0.393 e. The topological polar surface area (TPSA) is 32.3 Å². The van der Waals surface area contributed by atoms with E-state index in [-0.39, 0.29) is 6.10 Å². The summed E-state index contributed by atoms with van der Waals surface area (Å²) in [6, 6.07) is 10.4. The fraction of sp³-hybridized carbons (Fsp3) is 0.538. The minimum absolute atomic E-state index is 0.144. The van der Waals surface area contributed by atoms with E-state index in [9.17, 15) is 5.11 Å². The molecule has 0 aliphatic carbocycles. The number of aliphatic hydroxyl groups excluding tert-OH is 1. The van der Waals surface area contributed by atoms with Crippen molar-refractivity contribution in [3.63, 3.8) is 0 Å². The predicted octanol–water partition coefficient (Wildman–Crippen LogP) is 2.53. The molecule has 0 spiro atoms. The summed E-state index contributed by atoms with van der Waals surface area (Å²) in [6.07, 6.45) is 1.56. The van der Waals surface area contributed by atoms with E-state index in [0.717, 1.165) is 31.7 Å². The number of hydrogen-bond donors (Lipinski definition) is 2. The zero-order valence-corrected chi connectivity index (χ0v) is 10.7. The van der Waals surface area contributed by atoms with Gasteiger partial charge in [-0.3, -0.25) is 0 Å². The van der Waals surface area contributed by atoms with Gasteiger partial charge in [-0.05, 0) is 31.5 Å². The molecule has 3 heteroatoms. The fourth-order valence-electron chi connectivity index (χ4n) is 1.36. The first kappa shape index (κ1) is 13.6. The maximum atomic E-state index is 9.35. The third kappa shape index (κ3) is 6.16. The van der Waals surface area contributed by atoms with E-state index in [1.165, 1.54) is 4.90 Å². The second-order valence-electron chi connectivity index (χ2n) is 3.76. The van der Waals surface area contributed by atoms with Crippen LogP contribution in [-0.4, -0.2) is 30.1 Å². The van der Waals surface area contributed by atoms with Gasteiger partial charge < -0.3 is 10.4 Å². The van der Waals surface area contributed by atoms with E-state index in [0.29, 0.717) is 0 Å². The molecule has 16 heavy (non-hydrogen) atoms. The lowest BCUT2D eigenvalue weighted by molar-refractivity contribution is 0.160. The Bertz CT molecular complexity index is 266. The Morgan fingerprint density at radius 1 is 1.25 bits per heavy atom. The Kier molecular flexibility index (Phi) is 7.30. The first-order valence-corrected chi connectivity index (χ1v) is 6.88. The van der Waals surface area contributed by atoms with Crippen LogP contribution in [-0.2, 0) is 0 Å². The summed E-state index contributed by atoms with van der Waals surface area (Å²) >= 11 is 1.86. The maximum Gasteiger partial charge on any atom is 0.0549 e. The highest BCUT2D eigenvalue weighted by atomic mass is 32.2. The van der Waals surface area contributed by atoms with Gasteiger partial charge in [0.15, 0.2) is 0 Å². The highest BCUT2D eigenvalue weighted by Gasteiger charge is 1.98. The molecule has 0 bridgehead atoms. The highest BCUT2D eigenvalue weighted by Crippen LogP contribution is 2.15. The van der Waals surface area contributed by atoms with Crippen molar-refractivity contribution in [2.24, 2.45) is 0 Å². The summed E-state index contributed by atoms with van der Waals surface area (Å²) in [5.41, 5.74) is 0. The van der Waals surface area contributed by atoms with Crippen molar-refractivity contribution >= 4 is 11.8 Å². The Balaban J connectivity index is 1.96. The molecule has 90 valence electrons. The molecule has 2 nitrogen and oxygen atoms in total. The van der Waals surface area contributed by atoms with Crippen molar-refractivity contribution in [3.05, 3.63) is 30.3 Å². The van der Waals surface area contributed by atoms with Crippen LogP contribution in [0.25, 0.3) is 0 Å². The molecule has 0 saturated carbocycles. The third-order valence-corrected chi connectivity index (χ3v) is 3.43. The summed E-state index contributed by atoms with van der Waals surface area (Å²) in [6.45, 7) is 3.91. The molecule has 0 radical (unpaired) electrons. The van der Waals surface area contributed by atoms with Gasteiger partial charge in [0.05, 0.1) is 6.10 Å². The predicted molar refractivity (Wildman–Crippen MR) is 71.0 cm³/mol. The standard InChI is InChI=1S/C13H21NOS/c1-2-12(15)8-9-14-10-11-16-13-6-4-3-5-7-13/h3-7,12,14-15H,2,8-11H2,1H3. The second-order valence-corrected chi connectivity index (χ2v) is 4.93. The van der Waals surface area contributed by atoms with Crippen LogP contribution in [0.1, 0.15) is 19.8 Å². The number of hydrogen-bond acceptors (Lipinski definition) is 3. The molecule has 0 aliphatic rings. The lowest BCUT2D eigenvalue weighted by atomic mass is 10.2. The van der Waals surface area contributed by atoms with Crippen LogP contribution < -0.4 is 5.32 Å². The van der Waals surface area contributed by atoms with Crippen LogP contribution in [0.3, 0.4) is 0 Å². The number of nitrogens with one attached hydrogen (secondary N) is 1. The van der Waals surface area contributed by atoms with Gasteiger partial charge in [0.2, 0.25) is 0 Å². The molecule has 1 unspecified atom stereocenters. The maximum absolute atomic E-state index is 9.35. The number of aliphatic hydroxyl groups is 1. The second kappa shape index (κ2) is 8.62. The summed E-state index contributed by atoms with van der Waals surface area (Å²) in [4.78, 5) is 1.32. The smallest absolute Gasteiger partial charge is 0.0549 e. The third-order valence-electron chi connectivity index (χ3n) is 2.42. The van der Waals surface area contributed by atoms with Crippen molar-refractivity contribution < 1.29 is 5.11 Å². The molecular weight excluding hydrogens is 218 g/mol. The molecule has 0 aliphatic heterocycles.